The molecule has 0 aliphatic heterocycles. The van der Waals surface area contributed by atoms with E-state index in [1.54, 1.807) is 13.2 Å². The van der Waals surface area contributed by atoms with Crippen molar-refractivity contribution in [1.29, 1.82) is 0 Å². The topological polar surface area (TPSA) is 24.5 Å². The van der Waals surface area contributed by atoms with Gasteiger partial charge in [-0.3, -0.25) is 0 Å². The molecule has 0 aromatic heterocycles. The van der Waals surface area contributed by atoms with E-state index in [-0.39, 0.29) is 5.82 Å². The highest BCUT2D eigenvalue weighted by Gasteiger charge is 2.07. The highest BCUT2D eigenvalue weighted by atomic mass is 19.1. The number of methoxy groups -OCH3 is 1. The first-order chi connectivity index (χ1) is 8.19. The van der Waals surface area contributed by atoms with E-state index in [2.05, 4.69) is 10.2 Å². The highest BCUT2D eigenvalue weighted by molar-refractivity contribution is 5.53. The first-order valence-corrected chi connectivity index (χ1v) is 5.82. The number of halogens is 1. The van der Waals surface area contributed by atoms with E-state index in [1.165, 1.54) is 6.07 Å². The highest BCUT2D eigenvalue weighted by Crippen LogP contribution is 2.20. The Bertz CT molecular complexity index is 344. The normalized spacial score (nSPS) is 10.6. The van der Waals surface area contributed by atoms with Crippen molar-refractivity contribution in [1.82, 2.24) is 5.32 Å². The maximum atomic E-state index is 13.2. The second-order valence-electron chi connectivity index (χ2n) is 4.07. The molecule has 17 heavy (non-hydrogen) atoms. The van der Waals surface area contributed by atoms with Crippen molar-refractivity contribution in [2.75, 3.05) is 39.3 Å². The van der Waals surface area contributed by atoms with Crippen LogP contribution in [0.15, 0.2) is 18.2 Å². The Labute approximate surface area is 103 Å². The zero-order chi connectivity index (χ0) is 12.7. The molecule has 0 radical (unpaired) electrons. The van der Waals surface area contributed by atoms with E-state index < -0.39 is 0 Å². The first-order valence-electron chi connectivity index (χ1n) is 5.82. The number of nitrogens with zero attached hydrogens (tertiary/aromatic N) is 1. The van der Waals surface area contributed by atoms with Crippen molar-refractivity contribution in [3.05, 3.63) is 29.6 Å². The molecule has 0 aliphatic rings. The van der Waals surface area contributed by atoms with Crippen LogP contribution >= 0.6 is 0 Å². The predicted octanol–water partition coefficient (Wildman–Crippen LogP) is 2.02. The van der Waals surface area contributed by atoms with Crippen LogP contribution in [-0.2, 0) is 11.3 Å². The van der Waals surface area contributed by atoms with Gasteiger partial charge in [-0.15, -0.1) is 0 Å². The van der Waals surface area contributed by atoms with Crippen molar-refractivity contribution >= 4 is 5.69 Å². The Morgan fingerprint density at radius 2 is 2.18 bits per heavy atom. The van der Waals surface area contributed by atoms with E-state index in [9.17, 15) is 4.39 Å². The molecule has 1 aromatic carbocycles. The molecule has 4 heteroatoms. The quantitative estimate of drug-likeness (QED) is 0.738. The third kappa shape index (κ3) is 4.32. The maximum absolute atomic E-state index is 13.2. The molecule has 3 nitrogen and oxygen atoms in total. The lowest BCUT2D eigenvalue weighted by Gasteiger charge is -2.22. The van der Waals surface area contributed by atoms with Crippen molar-refractivity contribution < 1.29 is 9.13 Å². The molecule has 0 saturated heterocycles. The Hall–Kier alpha value is -1.13. The largest absolute Gasteiger partial charge is 0.385 e. The van der Waals surface area contributed by atoms with Gasteiger partial charge >= 0.3 is 0 Å². The van der Waals surface area contributed by atoms with Gasteiger partial charge in [-0.2, -0.15) is 0 Å². The summed E-state index contributed by atoms with van der Waals surface area (Å²) in [6, 6.07) is 4.91. The SMILES string of the molecule is CNCc1cc(F)ccc1N(C)CCCOC. The molecule has 0 spiro atoms. The molecule has 0 heterocycles. The summed E-state index contributed by atoms with van der Waals surface area (Å²) in [6.07, 6.45) is 0.962. The van der Waals surface area contributed by atoms with E-state index in [0.717, 1.165) is 30.8 Å². The van der Waals surface area contributed by atoms with E-state index in [4.69, 9.17) is 4.74 Å². The first kappa shape index (κ1) is 13.9. The fourth-order valence-corrected chi connectivity index (χ4v) is 1.83. The molecule has 0 aliphatic carbocycles. The summed E-state index contributed by atoms with van der Waals surface area (Å²) < 4.78 is 18.2. The minimum atomic E-state index is -0.190. The van der Waals surface area contributed by atoms with Gasteiger partial charge in [-0.05, 0) is 37.2 Å². The van der Waals surface area contributed by atoms with Gasteiger partial charge in [0.15, 0.2) is 0 Å². The molecule has 1 aromatic rings. The third-order valence-corrected chi connectivity index (χ3v) is 2.66. The Balaban J connectivity index is 2.73. The molecule has 0 fully saturated rings. The predicted molar refractivity (Wildman–Crippen MR) is 68.9 cm³/mol. The zero-order valence-electron chi connectivity index (χ0n) is 10.8. The van der Waals surface area contributed by atoms with Crippen LogP contribution in [0.4, 0.5) is 10.1 Å². The Morgan fingerprint density at radius 3 is 2.82 bits per heavy atom. The van der Waals surface area contributed by atoms with Gasteiger partial charge in [0.1, 0.15) is 5.82 Å². The van der Waals surface area contributed by atoms with Crippen LogP contribution in [0.25, 0.3) is 0 Å². The number of hydrogen-bond acceptors (Lipinski definition) is 3. The van der Waals surface area contributed by atoms with Gasteiger partial charge in [0.25, 0.3) is 0 Å². The standard InChI is InChI=1S/C13H21FN2O/c1-15-10-11-9-12(14)5-6-13(11)16(2)7-4-8-17-3/h5-6,9,15H,4,7-8,10H2,1-3H3. The summed E-state index contributed by atoms with van der Waals surface area (Å²) in [4.78, 5) is 2.13. The number of rotatable bonds is 7. The van der Waals surface area contributed by atoms with Gasteiger partial charge in [0, 0.05) is 39.5 Å². The zero-order valence-corrected chi connectivity index (χ0v) is 10.8. The summed E-state index contributed by atoms with van der Waals surface area (Å²) in [5.74, 6) is -0.190. The molecular formula is C13H21FN2O. The molecule has 1 N–H and O–H groups in total. The van der Waals surface area contributed by atoms with Gasteiger partial charge < -0.3 is 15.0 Å². The van der Waals surface area contributed by atoms with Crippen LogP contribution in [0.2, 0.25) is 0 Å². The fraction of sp³-hybridized carbons (Fsp3) is 0.538. The number of anilines is 1. The van der Waals surface area contributed by atoms with Gasteiger partial charge in [-0.25, -0.2) is 4.39 Å². The van der Waals surface area contributed by atoms with Gasteiger partial charge in [-0.1, -0.05) is 0 Å². The summed E-state index contributed by atoms with van der Waals surface area (Å²) in [6.45, 7) is 2.31. The van der Waals surface area contributed by atoms with Crippen molar-refractivity contribution in [2.24, 2.45) is 0 Å². The minimum Gasteiger partial charge on any atom is -0.385 e. The van der Waals surface area contributed by atoms with Crippen molar-refractivity contribution in [2.45, 2.75) is 13.0 Å². The molecule has 0 unspecified atom stereocenters. The summed E-state index contributed by atoms with van der Waals surface area (Å²) in [5.41, 5.74) is 2.05. The van der Waals surface area contributed by atoms with E-state index in [0.29, 0.717) is 6.54 Å². The Kier molecular flexibility index (Phi) is 5.94. The van der Waals surface area contributed by atoms with Crippen molar-refractivity contribution in [3.8, 4) is 0 Å². The van der Waals surface area contributed by atoms with Crippen molar-refractivity contribution in [3.63, 3.8) is 0 Å². The summed E-state index contributed by atoms with van der Waals surface area (Å²) >= 11 is 0. The van der Waals surface area contributed by atoms with Crippen LogP contribution in [0.5, 0.6) is 0 Å². The van der Waals surface area contributed by atoms with Crippen LogP contribution in [-0.4, -0.2) is 34.4 Å². The van der Waals surface area contributed by atoms with Crippen LogP contribution < -0.4 is 10.2 Å². The maximum Gasteiger partial charge on any atom is 0.123 e. The second kappa shape index (κ2) is 7.25. The monoisotopic (exact) mass is 240 g/mol. The number of ether oxygens (including phenoxy) is 1. The molecule has 0 amide bonds. The molecule has 0 atom stereocenters. The average molecular weight is 240 g/mol. The van der Waals surface area contributed by atoms with E-state index in [1.807, 2.05) is 20.2 Å². The lowest BCUT2D eigenvalue weighted by molar-refractivity contribution is 0.196. The average Bonchev–Trinajstić information content (AvgIpc) is 2.30. The lowest BCUT2D eigenvalue weighted by atomic mass is 10.1. The summed E-state index contributed by atoms with van der Waals surface area (Å²) in [7, 11) is 5.58. The molecular weight excluding hydrogens is 219 g/mol. The summed E-state index contributed by atoms with van der Waals surface area (Å²) in [5, 5.41) is 3.06. The molecule has 1 rings (SSSR count). The van der Waals surface area contributed by atoms with Gasteiger partial charge in [0.05, 0.1) is 0 Å². The number of nitrogens with one attached hydrogen (secondary N) is 1. The smallest absolute Gasteiger partial charge is 0.123 e. The van der Waals surface area contributed by atoms with Crippen LogP contribution in [0.1, 0.15) is 12.0 Å². The third-order valence-electron chi connectivity index (χ3n) is 2.66. The molecule has 0 saturated carbocycles. The van der Waals surface area contributed by atoms with Crippen LogP contribution in [0, 0.1) is 5.82 Å². The molecule has 96 valence electrons. The lowest BCUT2D eigenvalue weighted by Crippen LogP contribution is -2.22. The Morgan fingerprint density at radius 1 is 1.41 bits per heavy atom. The molecule has 0 bridgehead atoms. The second-order valence-corrected chi connectivity index (χ2v) is 4.07. The number of hydrogen-bond donors (Lipinski definition) is 1. The number of benzene rings is 1. The van der Waals surface area contributed by atoms with Gasteiger partial charge in [0.2, 0.25) is 0 Å². The van der Waals surface area contributed by atoms with E-state index >= 15 is 0 Å². The van der Waals surface area contributed by atoms with Crippen LogP contribution in [0.3, 0.4) is 0 Å². The fourth-order valence-electron chi connectivity index (χ4n) is 1.83. The minimum absolute atomic E-state index is 0.190.